The first-order chi connectivity index (χ1) is 13.3. The van der Waals surface area contributed by atoms with E-state index in [1.165, 1.54) is 11.5 Å². The van der Waals surface area contributed by atoms with Crippen molar-refractivity contribution in [1.29, 1.82) is 0 Å². The molecule has 0 atom stereocenters. The predicted molar refractivity (Wildman–Crippen MR) is 104 cm³/mol. The number of rotatable bonds is 6. The Kier molecular flexibility index (Phi) is 5.07. The third-order valence-electron chi connectivity index (χ3n) is 4.28. The lowest BCUT2D eigenvalue weighted by atomic mass is 9.99. The summed E-state index contributed by atoms with van der Waals surface area (Å²) in [7, 11) is 0. The molecule has 0 saturated carbocycles. The molecule has 6 heteroatoms. The van der Waals surface area contributed by atoms with E-state index in [0.29, 0.717) is 18.8 Å². The smallest absolute Gasteiger partial charge is 0.275 e. The van der Waals surface area contributed by atoms with E-state index < -0.39 is 0 Å². The van der Waals surface area contributed by atoms with Crippen LogP contribution >= 0.6 is 11.5 Å². The van der Waals surface area contributed by atoms with Gasteiger partial charge in [-0.3, -0.25) is 4.79 Å². The highest BCUT2D eigenvalue weighted by molar-refractivity contribution is 7.03. The van der Waals surface area contributed by atoms with Crippen molar-refractivity contribution in [2.75, 3.05) is 0 Å². The van der Waals surface area contributed by atoms with E-state index >= 15 is 0 Å². The molecular formula is C21H17N3O2S. The van der Waals surface area contributed by atoms with Gasteiger partial charge in [-0.25, -0.2) is 0 Å². The Hall–Kier alpha value is -3.25. The lowest BCUT2D eigenvalue weighted by Gasteiger charge is -2.23. The van der Waals surface area contributed by atoms with Gasteiger partial charge in [0.25, 0.3) is 5.91 Å². The molecule has 0 aliphatic rings. The standard InChI is InChI=1S/C21H17N3O2S/c25-21(20-15-27-23-22-20)24(12-16-10-11-26-14-16)13-18-8-4-5-9-19(18)17-6-2-1-3-7-17/h1-11,14-15H,12-13H2. The van der Waals surface area contributed by atoms with Crippen molar-refractivity contribution in [3.63, 3.8) is 0 Å². The average molecular weight is 375 g/mol. The Morgan fingerprint density at radius 1 is 1.00 bits per heavy atom. The molecule has 0 unspecified atom stereocenters. The van der Waals surface area contributed by atoms with Crippen LogP contribution in [-0.2, 0) is 13.1 Å². The predicted octanol–water partition coefficient (Wildman–Crippen LogP) is 4.64. The van der Waals surface area contributed by atoms with Crippen LogP contribution in [0.4, 0.5) is 0 Å². The van der Waals surface area contributed by atoms with Gasteiger partial charge in [0, 0.05) is 24.0 Å². The monoisotopic (exact) mass is 375 g/mol. The normalized spacial score (nSPS) is 10.7. The van der Waals surface area contributed by atoms with Crippen LogP contribution in [0.2, 0.25) is 0 Å². The van der Waals surface area contributed by atoms with Gasteiger partial charge in [0.1, 0.15) is 0 Å². The molecule has 1 amide bonds. The fourth-order valence-electron chi connectivity index (χ4n) is 2.99. The minimum Gasteiger partial charge on any atom is -0.472 e. The van der Waals surface area contributed by atoms with E-state index in [9.17, 15) is 4.79 Å². The van der Waals surface area contributed by atoms with Gasteiger partial charge in [-0.05, 0) is 34.3 Å². The molecule has 0 radical (unpaired) electrons. The highest BCUT2D eigenvalue weighted by atomic mass is 32.1. The summed E-state index contributed by atoms with van der Waals surface area (Å²) in [5, 5.41) is 5.62. The molecule has 2 heterocycles. The topological polar surface area (TPSA) is 59.2 Å². The number of aromatic nitrogens is 2. The maximum absolute atomic E-state index is 13.0. The molecule has 4 aromatic rings. The van der Waals surface area contributed by atoms with Crippen molar-refractivity contribution in [3.8, 4) is 11.1 Å². The summed E-state index contributed by atoms with van der Waals surface area (Å²) < 4.78 is 8.99. The van der Waals surface area contributed by atoms with Crippen LogP contribution in [0.1, 0.15) is 21.6 Å². The first-order valence-electron chi connectivity index (χ1n) is 8.52. The maximum atomic E-state index is 13.0. The molecular weight excluding hydrogens is 358 g/mol. The van der Waals surface area contributed by atoms with E-state index in [1.807, 2.05) is 36.4 Å². The van der Waals surface area contributed by atoms with Gasteiger partial charge in [-0.15, -0.1) is 5.10 Å². The van der Waals surface area contributed by atoms with Gasteiger partial charge in [-0.2, -0.15) is 0 Å². The lowest BCUT2D eigenvalue weighted by molar-refractivity contribution is 0.0724. The number of nitrogens with zero attached hydrogens (tertiary/aromatic N) is 3. The summed E-state index contributed by atoms with van der Waals surface area (Å²) in [5.74, 6) is -0.146. The molecule has 134 valence electrons. The summed E-state index contributed by atoms with van der Waals surface area (Å²) in [5.41, 5.74) is 4.60. The summed E-state index contributed by atoms with van der Waals surface area (Å²) >= 11 is 1.17. The third kappa shape index (κ3) is 3.96. The number of carbonyl (C=O) groups excluding carboxylic acids is 1. The van der Waals surface area contributed by atoms with Gasteiger partial charge in [-0.1, -0.05) is 59.1 Å². The molecule has 0 aliphatic heterocycles. The number of benzene rings is 2. The van der Waals surface area contributed by atoms with Crippen LogP contribution in [0, 0.1) is 0 Å². The second kappa shape index (κ2) is 7.97. The molecule has 2 aromatic heterocycles. The number of hydrogen-bond donors (Lipinski definition) is 0. The zero-order valence-corrected chi connectivity index (χ0v) is 15.3. The van der Waals surface area contributed by atoms with Crippen LogP contribution in [-0.4, -0.2) is 20.4 Å². The van der Waals surface area contributed by atoms with Crippen molar-refractivity contribution < 1.29 is 9.21 Å². The first-order valence-corrected chi connectivity index (χ1v) is 9.35. The van der Waals surface area contributed by atoms with E-state index in [2.05, 4.69) is 33.9 Å². The van der Waals surface area contributed by atoms with Crippen molar-refractivity contribution in [3.05, 3.63) is 95.4 Å². The summed E-state index contributed by atoms with van der Waals surface area (Å²) in [6.45, 7) is 0.905. The molecule has 27 heavy (non-hydrogen) atoms. The van der Waals surface area contributed by atoms with Gasteiger partial charge in [0.05, 0.1) is 12.5 Å². The molecule has 5 nitrogen and oxygen atoms in total. The summed E-state index contributed by atoms with van der Waals surface area (Å²) in [6.07, 6.45) is 3.27. The fraction of sp³-hybridized carbons (Fsp3) is 0.0952. The first kappa shape index (κ1) is 17.2. The number of carbonyl (C=O) groups is 1. The van der Waals surface area contributed by atoms with E-state index in [-0.39, 0.29) is 5.91 Å². The van der Waals surface area contributed by atoms with Crippen LogP contribution in [0.25, 0.3) is 11.1 Å². The Morgan fingerprint density at radius 2 is 1.81 bits per heavy atom. The van der Waals surface area contributed by atoms with E-state index in [4.69, 9.17) is 4.42 Å². The van der Waals surface area contributed by atoms with Gasteiger partial charge >= 0.3 is 0 Å². The highest BCUT2D eigenvalue weighted by Crippen LogP contribution is 2.25. The van der Waals surface area contributed by atoms with Crippen LogP contribution in [0.5, 0.6) is 0 Å². The average Bonchev–Trinajstić information content (AvgIpc) is 3.42. The highest BCUT2D eigenvalue weighted by Gasteiger charge is 2.20. The quantitative estimate of drug-likeness (QED) is 0.493. The van der Waals surface area contributed by atoms with Crippen molar-refractivity contribution in [2.45, 2.75) is 13.1 Å². The second-order valence-corrected chi connectivity index (χ2v) is 6.72. The van der Waals surface area contributed by atoms with Gasteiger partial charge in [0.15, 0.2) is 5.69 Å². The summed E-state index contributed by atoms with van der Waals surface area (Å²) in [4.78, 5) is 14.8. The van der Waals surface area contributed by atoms with Crippen molar-refractivity contribution in [1.82, 2.24) is 14.5 Å². The molecule has 0 spiro atoms. The van der Waals surface area contributed by atoms with Gasteiger partial charge in [0.2, 0.25) is 0 Å². The fourth-order valence-corrected chi connectivity index (χ4v) is 3.42. The Labute approximate surface area is 161 Å². The van der Waals surface area contributed by atoms with Crippen LogP contribution in [0.3, 0.4) is 0 Å². The largest absolute Gasteiger partial charge is 0.472 e. The molecule has 4 rings (SSSR count). The molecule has 0 aliphatic carbocycles. The maximum Gasteiger partial charge on any atom is 0.275 e. The van der Waals surface area contributed by atoms with Crippen LogP contribution < -0.4 is 0 Å². The lowest BCUT2D eigenvalue weighted by Crippen LogP contribution is -2.30. The second-order valence-electron chi connectivity index (χ2n) is 6.11. The minimum atomic E-state index is -0.146. The Bertz CT molecular complexity index is 999. The molecule has 2 aromatic carbocycles. The Balaban J connectivity index is 1.67. The summed E-state index contributed by atoms with van der Waals surface area (Å²) in [6, 6.07) is 20.2. The van der Waals surface area contributed by atoms with Gasteiger partial charge < -0.3 is 9.32 Å². The van der Waals surface area contributed by atoms with Crippen LogP contribution in [0.15, 0.2) is 83.0 Å². The zero-order chi connectivity index (χ0) is 18.5. The molecule has 0 saturated heterocycles. The van der Waals surface area contributed by atoms with Crippen molar-refractivity contribution in [2.24, 2.45) is 0 Å². The SMILES string of the molecule is O=C(c1csnn1)N(Cc1ccoc1)Cc1ccccc1-c1ccccc1. The third-order valence-corrected chi connectivity index (χ3v) is 4.79. The van der Waals surface area contributed by atoms with E-state index in [1.54, 1.807) is 22.8 Å². The number of furan rings is 1. The van der Waals surface area contributed by atoms with E-state index in [0.717, 1.165) is 22.3 Å². The number of hydrogen-bond acceptors (Lipinski definition) is 5. The molecule has 0 N–H and O–H groups in total. The Morgan fingerprint density at radius 3 is 2.56 bits per heavy atom. The minimum absolute atomic E-state index is 0.146. The molecule has 0 fully saturated rings. The van der Waals surface area contributed by atoms with Crippen molar-refractivity contribution >= 4 is 17.4 Å². The molecule has 0 bridgehead atoms. The zero-order valence-electron chi connectivity index (χ0n) is 14.5. The number of amides is 1.